The lowest BCUT2D eigenvalue weighted by atomic mass is 10.0. The van der Waals surface area contributed by atoms with Crippen molar-refractivity contribution in [3.8, 4) is 23.0 Å². The Hall–Kier alpha value is -3.78. The van der Waals surface area contributed by atoms with E-state index in [4.69, 9.17) is 18.3 Å². The van der Waals surface area contributed by atoms with Crippen molar-refractivity contribution < 1.29 is 18.3 Å². The van der Waals surface area contributed by atoms with Crippen molar-refractivity contribution in [2.24, 2.45) is 0 Å². The van der Waals surface area contributed by atoms with E-state index in [0.29, 0.717) is 33.9 Å². The lowest BCUT2D eigenvalue weighted by Gasteiger charge is -2.07. The molecule has 0 saturated heterocycles. The van der Waals surface area contributed by atoms with Gasteiger partial charge in [0.15, 0.2) is 11.5 Å². The van der Waals surface area contributed by atoms with Gasteiger partial charge in [-0.25, -0.2) is 4.79 Å². The molecular weight excluding hydrogens is 416 g/mol. The topological polar surface area (TPSA) is 87.6 Å². The largest absolute Gasteiger partial charge is 0.454 e. The van der Waals surface area contributed by atoms with Crippen molar-refractivity contribution in [2.75, 3.05) is 6.79 Å². The van der Waals surface area contributed by atoms with E-state index in [2.05, 4.69) is 10.2 Å². The second kappa shape index (κ2) is 7.17. The first-order chi connectivity index (χ1) is 15.2. The van der Waals surface area contributed by atoms with Gasteiger partial charge in [0.1, 0.15) is 5.58 Å². The summed E-state index contributed by atoms with van der Waals surface area (Å²) in [6.45, 7) is 0.206. The molecule has 5 aromatic rings. The van der Waals surface area contributed by atoms with E-state index in [1.807, 2.05) is 54.6 Å². The molecule has 0 fully saturated rings. The molecular formula is C23H14N2O5S. The van der Waals surface area contributed by atoms with Crippen molar-refractivity contribution in [3.63, 3.8) is 0 Å². The predicted molar refractivity (Wildman–Crippen MR) is 115 cm³/mol. The van der Waals surface area contributed by atoms with Crippen molar-refractivity contribution >= 4 is 33.5 Å². The zero-order valence-electron chi connectivity index (χ0n) is 16.0. The van der Waals surface area contributed by atoms with E-state index < -0.39 is 0 Å². The highest BCUT2D eigenvalue weighted by Gasteiger charge is 2.17. The van der Waals surface area contributed by atoms with E-state index in [0.717, 1.165) is 27.3 Å². The zero-order chi connectivity index (χ0) is 20.8. The van der Waals surface area contributed by atoms with Crippen LogP contribution in [-0.4, -0.2) is 17.0 Å². The minimum absolute atomic E-state index is 0.206. The summed E-state index contributed by atoms with van der Waals surface area (Å²) in [6, 6.07) is 18.8. The van der Waals surface area contributed by atoms with Gasteiger partial charge in [0.25, 0.3) is 5.22 Å². The number of nitrogens with zero attached hydrogens (tertiary/aromatic N) is 2. The third-order valence-electron chi connectivity index (χ3n) is 5.09. The van der Waals surface area contributed by atoms with Crippen LogP contribution in [0.4, 0.5) is 0 Å². The monoisotopic (exact) mass is 430 g/mol. The molecule has 0 saturated carbocycles. The third-order valence-corrected chi connectivity index (χ3v) is 5.96. The van der Waals surface area contributed by atoms with Gasteiger partial charge in [-0.2, -0.15) is 0 Å². The quantitative estimate of drug-likeness (QED) is 0.223. The van der Waals surface area contributed by atoms with E-state index >= 15 is 0 Å². The molecule has 0 atom stereocenters. The Morgan fingerprint density at radius 3 is 2.77 bits per heavy atom. The molecule has 1 aliphatic heterocycles. The van der Waals surface area contributed by atoms with E-state index in [1.165, 1.54) is 17.8 Å². The standard InChI is InChI=1S/C23H14N2O5S/c26-20-10-15(21-16-4-2-1-3-13(16)5-8-18(21)29-20)11-31-23-25-24-22(30-23)14-6-7-17-19(9-14)28-12-27-17/h1-10H,11-12H2. The minimum atomic E-state index is -0.384. The van der Waals surface area contributed by atoms with E-state index in [1.54, 1.807) is 0 Å². The SMILES string of the molecule is O=c1cc(CSc2nnc(-c3ccc4c(c3)OCO4)o2)c2c(ccc3ccccc32)o1. The summed E-state index contributed by atoms with van der Waals surface area (Å²) in [7, 11) is 0. The fourth-order valence-electron chi connectivity index (χ4n) is 3.69. The number of benzene rings is 3. The van der Waals surface area contributed by atoms with Gasteiger partial charge in [0.2, 0.25) is 12.7 Å². The number of thioether (sulfide) groups is 1. The lowest BCUT2D eigenvalue weighted by Crippen LogP contribution is -2.00. The van der Waals surface area contributed by atoms with Crippen LogP contribution in [0.1, 0.15) is 5.56 Å². The van der Waals surface area contributed by atoms with Crippen molar-refractivity contribution in [2.45, 2.75) is 11.0 Å². The molecule has 0 unspecified atom stereocenters. The van der Waals surface area contributed by atoms with Gasteiger partial charge in [-0.15, -0.1) is 10.2 Å². The maximum atomic E-state index is 12.1. The molecule has 6 rings (SSSR count). The van der Waals surface area contributed by atoms with Crippen LogP contribution < -0.4 is 15.1 Å². The summed E-state index contributed by atoms with van der Waals surface area (Å²) in [5, 5.41) is 11.7. The van der Waals surface area contributed by atoms with Gasteiger partial charge >= 0.3 is 5.63 Å². The Labute approximate surface area is 179 Å². The van der Waals surface area contributed by atoms with Gasteiger partial charge in [-0.05, 0) is 40.6 Å². The first-order valence-electron chi connectivity index (χ1n) is 9.55. The molecule has 1 aliphatic rings. The second-order valence-corrected chi connectivity index (χ2v) is 7.91. The highest BCUT2D eigenvalue weighted by molar-refractivity contribution is 7.98. The van der Waals surface area contributed by atoms with E-state index in [9.17, 15) is 4.79 Å². The molecule has 0 bridgehead atoms. The maximum Gasteiger partial charge on any atom is 0.336 e. The number of rotatable bonds is 4. The average Bonchev–Trinajstić information content (AvgIpc) is 3.46. The summed E-state index contributed by atoms with van der Waals surface area (Å²) in [6.07, 6.45) is 0. The summed E-state index contributed by atoms with van der Waals surface area (Å²) >= 11 is 1.37. The zero-order valence-corrected chi connectivity index (χ0v) is 16.8. The number of fused-ring (bicyclic) bond motifs is 4. The Kier molecular flexibility index (Phi) is 4.17. The van der Waals surface area contributed by atoms with Crippen LogP contribution in [0, 0.1) is 0 Å². The number of ether oxygens (including phenoxy) is 2. The first kappa shape index (κ1) is 18.0. The molecule has 31 heavy (non-hydrogen) atoms. The number of hydrogen-bond donors (Lipinski definition) is 0. The molecule has 0 spiro atoms. The summed E-state index contributed by atoms with van der Waals surface area (Å²) in [5.74, 6) is 2.22. The van der Waals surface area contributed by atoms with Crippen LogP contribution in [0.3, 0.4) is 0 Å². The molecule has 2 aromatic heterocycles. The van der Waals surface area contributed by atoms with Gasteiger partial charge < -0.3 is 18.3 Å². The molecule has 0 amide bonds. The summed E-state index contributed by atoms with van der Waals surface area (Å²) < 4.78 is 22.0. The molecule has 3 heterocycles. The molecule has 0 aliphatic carbocycles. The second-order valence-electron chi connectivity index (χ2n) is 6.98. The van der Waals surface area contributed by atoms with Crippen LogP contribution in [0.2, 0.25) is 0 Å². The first-order valence-corrected chi connectivity index (χ1v) is 10.5. The van der Waals surface area contributed by atoms with E-state index in [-0.39, 0.29) is 12.4 Å². The maximum absolute atomic E-state index is 12.1. The van der Waals surface area contributed by atoms with Gasteiger partial charge in [-0.1, -0.05) is 42.1 Å². The van der Waals surface area contributed by atoms with Crippen LogP contribution in [0.5, 0.6) is 11.5 Å². The Morgan fingerprint density at radius 1 is 0.903 bits per heavy atom. The van der Waals surface area contributed by atoms with Crippen LogP contribution in [0.25, 0.3) is 33.2 Å². The molecule has 8 heteroatoms. The van der Waals surface area contributed by atoms with Gasteiger partial charge in [-0.3, -0.25) is 0 Å². The highest BCUT2D eigenvalue weighted by Crippen LogP contribution is 2.36. The normalized spacial score (nSPS) is 12.6. The Balaban J connectivity index is 1.32. The molecule has 3 aromatic carbocycles. The van der Waals surface area contributed by atoms with Crippen LogP contribution >= 0.6 is 11.8 Å². The van der Waals surface area contributed by atoms with Crippen molar-refractivity contribution in [1.82, 2.24) is 10.2 Å². The predicted octanol–water partition coefficient (Wildman–Crippen LogP) is 5.02. The van der Waals surface area contributed by atoms with Crippen molar-refractivity contribution in [1.29, 1.82) is 0 Å². The summed E-state index contributed by atoms with van der Waals surface area (Å²) in [5.41, 5.74) is 1.79. The molecule has 152 valence electrons. The Morgan fingerprint density at radius 2 is 1.81 bits per heavy atom. The fraction of sp³-hybridized carbons (Fsp3) is 0.0870. The molecule has 0 radical (unpaired) electrons. The average molecular weight is 430 g/mol. The lowest BCUT2D eigenvalue weighted by molar-refractivity contribution is 0.174. The Bertz CT molecular complexity index is 1510. The van der Waals surface area contributed by atoms with Crippen LogP contribution in [-0.2, 0) is 5.75 Å². The highest BCUT2D eigenvalue weighted by atomic mass is 32.2. The van der Waals surface area contributed by atoms with Gasteiger partial charge in [0, 0.05) is 22.8 Å². The van der Waals surface area contributed by atoms with Crippen molar-refractivity contribution in [3.05, 3.63) is 76.6 Å². The fourth-order valence-corrected chi connectivity index (χ4v) is 4.43. The smallest absolute Gasteiger partial charge is 0.336 e. The number of hydrogen-bond acceptors (Lipinski definition) is 8. The third kappa shape index (κ3) is 3.21. The van der Waals surface area contributed by atoms with Crippen LogP contribution in [0.15, 0.2) is 79.5 Å². The molecule has 0 N–H and O–H groups in total. The minimum Gasteiger partial charge on any atom is -0.454 e. The summed E-state index contributed by atoms with van der Waals surface area (Å²) in [4.78, 5) is 12.1. The van der Waals surface area contributed by atoms with Gasteiger partial charge in [0.05, 0.1) is 0 Å². The number of aromatic nitrogens is 2. The molecule has 7 nitrogen and oxygen atoms in total.